The van der Waals surface area contributed by atoms with E-state index in [2.05, 4.69) is 38.1 Å². The average molecular weight is 521 g/mol. The fourth-order valence-electron chi connectivity index (χ4n) is 4.75. The first-order valence-electron chi connectivity index (χ1n) is 13.7. The number of amides is 1. The molecule has 0 aliphatic rings. The molecule has 0 radical (unpaired) electrons. The summed E-state index contributed by atoms with van der Waals surface area (Å²) in [6.45, 7) is 8.42. The Morgan fingerprint density at radius 2 is 1.42 bits per heavy atom. The zero-order chi connectivity index (χ0) is 28.0. The first-order chi connectivity index (χ1) is 18.2. The van der Waals surface area contributed by atoms with Gasteiger partial charge in [-0.3, -0.25) is 9.59 Å². The molecule has 0 spiro atoms. The highest BCUT2D eigenvalue weighted by Gasteiger charge is 2.32. The SMILES string of the molecule is CCCCCC(C)(/C(O)=C/C(N)=O)c1ccccc1.CCCCCC(C)(c1ccccc1)c1cc(=O)[nH]o1. The lowest BCUT2D eigenvalue weighted by Crippen LogP contribution is -2.26. The van der Waals surface area contributed by atoms with Crippen LogP contribution in [0.5, 0.6) is 0 Å². The quantitative estimate of drug-likeness (QED) is 0.125. The predicted octanol–water partition coefficient (Wildman–Crippen LogP) is 7.31. The van der Waals surface area contributed by atoms with Gasteiger partial charge in [-0.15, -0.1) is 0 Å². The van der Waals surface area contributed by atoms with Gasteiger partial charge in [0.1, 0.15) is 11.5 Å². The minimum atomic E-state index is -0.616. The van der Waals surface area contributed by atoms with Crippen molar-refractivity contribution in [1.82, 2.24) is 5.16 Å². The van der Waals surface area contributed by atoms with Crippen molar-refractivity contribution in [3.05, 3.63) is 106 Å². The molecule has 1 heterocycles. The van der Waals surface area contributed by atoms with Crippen LogP contribution >= 0.6 is 0 Å². The molecule has 0 bridgehead atoms. The fourth-order valence-corrected chi connectivity index (χ4v) is 4.75. The molecule has 3 aromatic rings. The van der Waals surface area contributed by atoms with Crippen LogP contribution in [0.15, 0.2) is 87.9 Å². The van der Waals surface area contributed by atoms with Gasteiger partial charge in [-0.05, 0) is 37.8 Å². The number of allylic oxidation sites excluding steroid dienone is 1. The Hall–Kier alpha value is -3.54. The number of carbonyl (C=O) groups is 1. The molecule has 0 aliphatic carbocycles. The van der Waals surface area contributed by atoms with Crippen molar-refractivity contribution in [1.29, 1.82) is 0 Å². The van der Waals surface area contributed by atoms with Crippen molar-refractivity contribution >= 4 is 5.91 Å². The number of carbonyl (C=O) groups excluding carboxylic acids is 1. The van der Waals surface area contributed by atoms with Crippen molar-refractivity contribution < 1.29 is 14.4 Å². The zero-order valence-electron chi connectivity index (χ0n) is 23.3. The van der Waals surface area contributed by atoms with Crippen LogP contribution in [0.25, 0.3) is 0 Å². The third kappa shape index (κ3) is 8.51. The van der Waals surface area contributed by atoms with Gasteiger partial charge in [-0.25, -0.2) is 0 Å². The Kier molecular flexibility index (Phi) is 12.1. The van der Waals surface area contributed by atoms with Crippen LogP contribution in [0.2, 0.25) is 0 Å². The maximum Gasteiger partial charge on any atom is 0.280 e. The van der Waals surface area contributed by atoms with Crippen LogP contribution in [0.1, 0.15) is 95.9 Å². The average Bonchev–Trinajstić information content (AvgIpc) is 3.36. The molecule has 2 aromatic carbocycles. The Bertz CT molecular complexity index is 1180. The number of H-pyrrole nitrogens is 1. The van der Waals surface area contributed by atoms with Crippen LogP contribution in [-0.2, 0) is 15.6 Å². The second kappa shape index (κ2) is 15.0. The number of nitrogens with one attached hydrogen (secondary N) is 1. The van der Waals surface area contributed by atoms with E-state index in [0.29, 0.717) is 0 Å². The topological polar surface area (TPSA) is 109 Å². The Morgan fingerprint density at radius 1 is 0.895 bits per heavy atom. The molecule has 206 valence electrons. The maximum absolute atomic E-state index is 11.3. The van der Waals surface area contributed by atoms with E-state index in [1.807, 2.05) is 55.5 Å². The highest BCUT2D eigenvalue weighted by Crippen LogP contribution is 2.37. The van der Waals surface area contributed by atoms with Crippen molar-refractivity contribution in [2.75, 3.05) is 0 Å². The van der Waals surface area contributed by atoms with E-state index in [9.17, 15) is 14.7 Å². The van der Waals surface area contributed by atoms with Gasteiger partial charge in [0.2, 0.25) is 5.91 Å². The molecule has 1 amide bonds. The van der Waals surface area contributed by atoms with Gasteiger partial charge in [-0.2, -0.15) is 5.16 Å². The number of hydrogen-bond donors (Lipinski definition) is 3. The van der Waals surface area contributed by atoms with E-state index in [0.717, 1.165) is 55.9 Å². The molecule has 4 N–H and O–H groups in total. The van der Waals surface area contributed by atoms with Gasteiger partial charge >= 0.3 is 0 Å². The highest BCUT2D eigenvalue weighted by molar-refractivity contribution is 5.86. The Morgan fingerprint density at radius 3 is 1.89 bits per heavy atom. The largest absolute Gasteiger partial charge is 0.511 e. The lowest BCUT2D eigenvalue weighted by atomic mass is 9.76. The van der Waals surface area contributed by atoms with E-state index >= 15 is 0 Å². The number of hydrogen-bond acceptors (Lipinski definition) is 4. The fraction of sp³-hybridized carbons (Fsp3) is 0.438. The third-order valence-electron chi connectivity index (χ3n) is 7.29. The monoisotopic (exact) mass is 520 g/mol. The van der Waals surface area contributed by atoms with Crippen LogP contribution < -0.4 is 11.3 Å². The van der Waals surface area contributed by atoms with Gasteiger partial charge in [-0.1, -0.05) is 113 Å². The number of nitrogens with two attached hydrogens (primary N) is 1. The van der Waals surface area contributed by atoms with Crippen molar-refractivity contribution in [3.8, 4) is 0 Å². The molecule has 0 saturated carbocycles. The van der Waals surface area contributed by atoms with Gasteiger partial charge in [0.15, 0.2) is 0 Å². The van der Waals surface area contributed by atoms with Crippen LogP contribution in [0.4, 0.5) is 0 Å². The third-order valence-corrected chi connectivity index (χ3v) is 7.29. The lowest BCUT2D eigenvalue weighted by molar-refractivity contribution is -0.113. The zero-order valence-corrected chi connectivity index (χ0v) is 23.3. The first-order valence-corrected chi connectivity index (χ1v) is 13.7. The molecule has 2 unspecified atom stereocenters. The molecule has 6 heteroatoms. The molecular weight excluding hydrogens is 476 g/mol. The first kappa shape index (κ1) is 30.7. The predicted molar refractivity (Wildman–Crippen MR) is 154 cm³/mol. The maximum atomic E-state index is 11.3. The second-order valence-electron chi connectivity index (χ2n) is 10.3. The van der Waals surface area contributed by atoms with Crippen molar-refractivity contribution in [2.45, 2.75) is 89.9 Å². The van der Waals surface area contributed by atoms with E-state index in [1.165, 1.54) is 18.4 Å². The van der Waals surface area contributed by atoms with Gasteiger partial charge in [0.25, 0.3) is 5.56 Å². The summed E-state index contributed by atoms with van der Waals surface area (Å²) in [6.07, 6.45) is 9.61. The molecular formula is C32H44N2O4. The smallest absolute Gasteiger partial charge is 0.280 e. The van der Waals surface area contributed by atoms with Crippen LogP contribution in [0, 0.1) is 0 Å². The second-order valence-corrected chi connectivity index (χ2v) is 10.3. The summed E-state index contributed by atoms with van der Waals surface area (Å²) >= 11 is 0. The summed E-state index contributed by atoms with van der Waals surface area (Å²) in [5, 5.41) is 12.7. The molecule has 3 rings (SSSR count). The minimum absolute atomic E-state index is 0.0438. The van der Waals surface area contributed by atoms with E-state index in [1.54, 1.807) is 6.07 Å². The van der Waals surface area contributed by atoms with E-state index < -0.39 is 11.3 Å². The molecule has 2 atom stereocenters. The van der Waals surface area contributed by atoms with Gasteiger partial charge < -0.3 is 15.4 Å². The molecule has 0 saturated heterocycles. The lowest BCUT2D eigenvalue weighted by Gasteiger charge is -2.29. The summed E-state index contributed by atoms with van der Waals surface area (Å²) in [6, 6.07) is 21.6. The van der Waals surface area contributed by atoms with Crippen LogP contribution in [0.3, 0.4) is 0 Å². The molecule has 38 heavy (non-hydrogen) atoms. The number of unbranched alkanes of at least 4 members (excludes halogenated alkanes) is 4. The van der Waals surface area contributed by atoms with Crippen molar-refractivity contribution in [3.63, 3.8) is 0 Å². The summed E-state index contributed by atoms with van der Waals surface area (Å²) < 4.78 is 5.38. The highest BCUT2D eigenvalue weighted by atomic mass is 16.5. The van der Waals surface area contributed by atoms with Crippen molar-refractivity contribution in [2.24, 2.45) is 5.73 Å². The number of aliphatic hydroxyl groups excluding tert-OH is 1. The van der Waals surface area contributed by atoms with Gasteiger partial charge in [0.05, 0.1) is 5.41 Å². The Balaban J connectivity index is 0.000000267. The molecule has 0 fully saturated rings. The number of aromatic nitrogens is 1. The Labute approximate surface area is 226 Å². The number of primary amides is 1. The number of rotatable bonds is 13. The molecule has 1 aromatic heterocycles. The normalized spacial score (nSPS) is 14.6. The summed E-state index contributed by atoms with van der Waals surface area (Å²) in [4.78, 5) is 22.4. The summed E-state index contributed by atoms with van der Waals surface area (Å²) in [5.41, 5.74) is 6.37. The minimum Gasteiger partial charge on any atom is -0.511 e. The summed E-state index contributed by atoms with van der Waals surface area (Å²) in [5.74, 6) is 0.150. The number of aliphatic hydroxyl groups is 1. The van der Waals surface area contributed by atoms with Gasteiger partial charge in [0, 0.05) is 17.6 Å². The summed E-state index contributed by atoms with van der Waals surface area (Å²) in [7, 11) is 0. The number of benzene rings is 2. The van der Waals surface area contributed by atoms with E-state index in [-0.39, 0.29) is 16.7 Å². The molecule has 0 aliphatic heterocycles. The molecule has 6 nitrogen and oxygen atoms in total. The number of aromatic amines is 1. The van der Waals surface area contributed by atoms with Crippen LogP contribution in [-0.4, -0.2) is 16.2 Å². The van der Waals surface area contributed by atoms with E-state index in [4.69, 9.17) is 10.3 Å². The standard InChI is InChI=1S/C16H21NO2.C16H23NO2/c1-3-4-8-11-16(2,13-9-6-5-7-10-13)14-12-15(18)17-19-14;1-3-4-8-11-16(2,14(18)12-15(17)19)13-9-6-5-7-10-13/h5-7,9-10,12H,3-4,8,11H2,1-2H3,(H,17,18);5-7,9-10,12,18H,3-4,8,11H2,1-2H3,(H2,17,19)/b;14-12-.